The molecular formula is C55H101NO5. The average Bonchev–Trinajstić information content (AvgIpc) is 3.26. The molecule has 6 heteroatoms. The summed E-state index contributed by atoms with van der Waals surface area (Å²) in [5.74, 6) is -0.148. The second kappa shape index (κ2) is 50.5. The Kier molecular flexibility index (Phi) is 48.7. The third kappa shape index (κ3) is 47.1. The minimum Gasteiger partial charge on any atom is -0.466 e. The summed E-state index contributed by atoms with van der Waals surface area (Å²) in [5, 5.41) is 23.1. The van der Waals surface area contributed by atoms with Crippen LogP contribution in [-0.4, -0.2) is 47.4 Å². The number of hydrogen-bond donors (Lipinski definition) is 3. The first-order chi connectivity index (χ1) is 30.0. The first-order valence-corrected chi connectivity index (χ1v) is 26.4. The molecule has 0 aromatic heterocycles. The predicted octanol–water partition coefficient (Wildman–Crippen LogP) is 15.8. The molecule has 0 saturated carbocycles. The number of ether oxygens (including phenoxy) is 1. The van der Waals surface area contributed by atoms with Gasteiger partial charge in [-0.25, -0.2) is 0 Å². The van der Waals surface area contributed by atoms with E-state index in [1.807, 2.05) is 6.08 Å². The molecule has 2 unspecified atom stereocenters. The first kappa shape index (κ1) is 58.8. The van der Waals surface area contributed by atoms with Gasteiger partial charge in [0.1, 0.15) is 0 Å². The number of aliphatic hydroxyl groups excluding tert-OH is 2. The molecule has 0 fully saturated rings. The Morgan fingerprint density at radius 2 is 0.836 bits per heavy atom. The fourth-order valence-corrected chi connectivity index (χ4v) is 7.78. The summed E-state index contributed by atoms with van der Waals surface area (Å²) in [7, 11) is 0. The highest BCUT2D eigenvalue weighted by Gasteiger charge is 2.19. The number of esters is 1. The summed E-state index contributed by atoms with van der Waals surface area (Å²) in [6.45, 7) is 4.86. The maximum Gasteiger partial charge on any atom is 0.305 e. The van der Waals surface area contributed by atoms with Crippen LogP contribution >= 0.6 is 0 Å². The second-order valence-corrected chi connectivity index (χ2v) is 17.8. The summed E-state index contributed by atoms with van der Waals surface area (Å²) in [6.07, 6.45) is 62.3. The molecule has 0 bridgehead atoms. The van der Waals surface area contributed by atoms with E-state index in [2.05, 4.69) is 61.7 Å². The number of hydrogen-bond acceptors (Lipinski definition) is 5. The number of allylic oxidation sites excluding steroid dienone is 8. The van der Waals surface area contributed by atoms with E-state index in [-0.39, 0.29) is 18.5 Å². The van der Waals surface area contributed by atoms with Gasteiger partial charge in [0.05, 0.1) is 25.4 Å². The van der Waals surface area contributed by atoms with Crippen molar-refractivity contribution in [3.8, 4) is 0 Å². The molecule has 0 rings (SSSR count). The molecule has 0 saturated heterocycles. The van der Waals surface area contributed by atoms with Crippen LogP contribution in [0.1, 0.15) is 264 Å². The van der Waals surface area contributed by atoms with Gasteiger partial charge in [-0.05, 0) is 77.0 Å². The molecule has 1 amide bonds. The van der Waals surface area contributed by atoms with E-state index in [1.54, 1.807) is 0 Å². The van der Waals surface area contributed by atoms with Crippen molar-refractivity contribution in [2.75, 3.05) is 13.2 Å². The highest BCUT2D eigenvalue weighted by Crippen LogP contribution is 2.16. The van der Waals surface area contributed by atoms with Crippen LogP contribution in [0.5, 0.6) is 0 Å². The number of aliphatic hydroxyl groups is 2. The minimum atomic E-state index is -0.700. The van der Waals surface area contributed by atoms with Gasteiger partial charge in [0, 0.05) is 12.8 Å². The van der Waals surface area contributed by atoms with Gasteiger partial charge in [0.15, 0.2) is 0 Å². The van der Waals surface area contributed by atoms with Crippen molar-refractivity contribution in [1.82, 2.24) is 5.32 Å². The lowest BCUT2D eigenvalue weighted by Gasteiger charge is -2.22. The zero-order valence-electron chi connectivity index (χ0n) is 40.4. The van der Waals surface area contributed by atoms with Gasteiger partial charge in [-0.1, -0.05) is 223 Å². The Labute approximate surface area is 378 Å². The highest BCUT2D eigenvalue weighted by molar-refractivity contribution is 5.76. The summed E-state index contributed by atoms with van der Waals surface area (Å²) in [6, 6.07) is -0.587. The van der Waals surface area contributed by atoms with Gasteiger partial charge in [-0.15, -0.1) is 0 Å². The Balaban J connectivity index is 3.57. The quantitative estimate of drug-likeness (QED) is 0.0322. The molecule has 6 nitrogen and oxygen atoms in total. The molecular weight excluding hydrogens is 755 g/mol. The van der Waals surface area contributed by atoms with E-state index in [0.29, 0.717) is 32.3 Å². The van der Waals surface area contributed by atoms with Crippen molar-refractivity contribution < 1.29 is 24.5 Å². The van der Waals surface area contributed by atoms with Crippen molar-refractivity contribution in [3.63, 3.8) is 0 Å². The molecule has 0 aliphatic heterocycles. The van der Waals surface area contributed by atoms with Crippen molar-refractivity contribution in [2.24, 2.45) is 0 Å². The minimum absolute atomic E-state index is 0.0311. The Morgan fingerprint density at radius 1 is 0.459 bits per heavy atom. The standard InChI is InChI=1S/C55H101NO5/c1-3-5-7-9-11-13-15-17-19-21-25-29-33-37-41-45-49-55(60)61-50-46-42-38-34-30-26-22-24-28-32-36-40-44-48-54(59)56-52(51-57)53(58)47-43-39-35-31-27-23-20-18-16-14-12-10-8-6-4-2/h13,15,19,21,24,28,36,40,52-53,57-58H,3-12,14,16-18,20,22-23,25-27,29-35,37-39,41-51H2,1-2H3,(H,56,59)/b15-13-,21-19-,28-24-,40-36-. The molecule has 0 aliphatic carbocycles. The van der Waals surface area contributed by atoms with Crippen molar-refractivity contribution in [3.05, 3.63) is 48.6 Å². The van der Waals surface area contributed by atoms with Crippen molar-refractivity contribution in [2.45, 2.75) is 276 Å². The molecule has 0 spiro atoms. The summed E-state index contributed by atoms with van der Waals surface area (Å²) in [5.41, 5.74) is 0. The third-order valence-electron chi connectivity index (χ3n) is 11.9. The van der Waals surface area contributed by atoms with Crippen LogP contribution in [-0.2, 0) is 14.3 Å². The summed E-state index contributed by atoms with van der Waals surface area (Å²) < 4.78 is 5.45. The van der Waals surface area contributed by atoms with Gasteiger partial charge < -0.3 is 20.3 Å². The van der Waals surface area contributed by atoms with E-state index in [1.165, 1.54) is 161 Å². The lowest BCUT2D eigenvalue weighted by Crippen LogP contribution is -2.45. The molecule has 0 heterocycles. The Morgan fingerprint density at radius 3 is 1.30 bits per heavy atom. The van der Waals surface area contributed by atoms with Crippen LogP contribution in [0.4, 0.5) is 0 Å². The molecule has 2 atom stereocenters. The van der Waals surface area contributed by atoms with E-state index in [0.717, 1.165) is 64.2 Å². The number of rotatable bonds is 48. The zero-order chi connectivity index (χ0) is 44.4. The van der Waals surface area contributed by atoms with E-state index < -0.39 is 12.1 Å². The summed E-state index contributed by atoms with van der Waals surface area (Å²) in [4.78, 5) is 24.4. The number of carbonyl (C=O) groups excluding carboxylic acids is 2. The fraction of sp³-hybridized carbons (Fsp3) is 0.818. The van der Waals surface area contributed by atoms with Crippen LogP contribution in [0.25, 0.3) is 0 Å². The van der Waals surface area contributed by atoms with E-state index >= 15 is 0 Å². The molecule has 0 aromatic rings. The Bertz CT molecular complexity index is 1040. The number of amides is 1. The molecule has 0 aliphatic rings. The smallest absolute Gasteiger partial charge is 0.305 e. The van der Waals surface area contributed by atoms with Crippen molar-refractivity contribution >= 4 is 11.9 Å². The van der Waals surface area contributed by atoms with Crippen LogP contribution in [0.2, 0.25) is 0 Å². The number of nitrogens with one attached hydrogen (secondary N) is 1. The predicted molar refractivity (Wildman–Crippen MR) is 264 cm³/mol. The maximum atomic E-state index is 12.4. The van der Waals surface area contributed by atoms with Gasteiger partial charge in [-0.2, -0.15) is 0 Å². The first-order valence-electron chi connectivity index (χ1n) is 26.4. The SMILES string of the molecule is CCCCCC/C=C\C/C=C\CCCCCCCC(=O)OCCCCCCCC/C=C\C/C=C\CCC(=O)NC(CO)C(O)CCCCCCCCCCCCCCCCC. The molecule has 0 aromatic carbocycles. The normalized spacial score (nSPS) is 13.0. The molecule has 0 radical (unpaired) electrons. The number of carbonyl (C=O) groups is 2. The van der Waals surface area contributed by atoms with Crippen LogP contribution in [0.3, 0.4) is 0 Å². The largest absolute Gasteiger partial charge is 0.466 e. The van der Waals surface area contributed by atoms with Gasteiger partial charge >= 0.3 is 5.97 Å². The van der Waals surface area contributed by atoms with E-state index in [4.69, 9.17) is 4.74 Å². The van der Waals surface area contributed by atoms with Crippen molar-refractivity contribution in [1.29, 1.82) is 0 Å². The Hall–Kier alpha value is -2.18. The second-order valence-electron chi connectivity index (χ2n) is 17.8. The topological polar surface area (TPSA) is 95.9 Å². The van der Waals surface area contributed by atoms with Crippen LogP contribution in [0, 0.1) is 0 Å². The lowest BCUT2D eigenvalue weighted by molar-refractivity contribution is -0.143. The highest BCUT2D eigenvalue weighted by atomic mass is 16.5. The van der Waals surface area contributed by atoms with Gasteiger partial charge in [0.2, 0.25) is 5.91 Å². The van der Waals surface area contributed by atoms with Gasteiger partial charge in [-0.3, -0.25) is 9.59 Å². The third-order valence-corrected chi connectivity index (χ3v) is 11.9. The number of unbranched alkanes of at least 4 members (excludes halogenated alkanes) is 29. The maximum absolute atomic E-state index is 12.4. The zero-order valence-corrected chi connectivity index (χ0v) is 40.4. The monoisotopic (exact) mass is 856 g/mol. The summed E-state index contributed by atoms with van der Waals surface area (Å²) >= 11 is 0. The van der Waals surface area contributed by atoms with E-state index in [9.17, 15) is 19.8 Å². The van der Waals surface area contributed by atoms with Crippen LogP contribution < -0.4 is 5.32 Å². The fourth-order valence-electron chi connectivity index (χ4n) is 7.78. The lowest BCUT2D eigenvalue weighted by atomic mass is 10.0. The van der Waals surface area contributed by atoms with Gasteiger partial charge in [0.25, 0.3) is 0 Å². The molecule has 61 heavy (non-hydrogen) atoms. The molecule has 3 N–H and O–H groups in total. The average molecular weight is 856 g/mol. The molecule has 356 valence electrons. The van der Waals surface area contributed by atoms with Crippen LogP contribution in [0.15, 0.2) is 48.6 Å².